The van der Waals surface area contributed by atoms with E-state index in [1.807, 2.05) is 6.92 Å². The Morgan fingerprint density at radius 3 is 2.63 bits per heavy atom. The molecule has 0 aromatic carbocycles. The van der Waals surface area contributed by atoms with Crippen LogP contribution >= 0.6 is 0 Å². The van der Waals surface area contributed by atoms with E-state index in [1.165, 1.54) is 18.5 Å². The average molecular weight is 278 g/mol. The predicted molar refractivity (Wildman–Crippen MR) is 71.9 cm³/mol. The van der Waals surface area contributed by atoms with Gasteiger partial charge in [-0.25, -0.2) is 4.98 Å². The maximum atomic E-state index is 12.1. The number of aromatic nitrogens is 2. The molecular formula is C12H14N4O2S. The fourth-order valence-electron chi connectivity index (χ4n) is 1.51. The van der Waals surface area contributed by atoms with Crippen molar-refractivity contribution in [2.24, 2.45) is 5.73 Å². The van der Waals surface area contributed by atoms with Crippen molar-refractivity contribution < 1.29 is 8.42 Å². The molecule has 0 radical (unpaired) electrons. The molecule has 2 heterocycles. The highest BCUT2D eigenvalue weighted by molar-refractivity contribution is 7.92. The summed E-state index contributed by atoms with van der Waals surface area (Å²) in [7, 11) is -3.70. The van der Waals surface area contributed by atoms with Crippen LogP contribution in [0.4, 0.5) is 5.69 Å². The molecule has 0 bridgehead atoms. The molecule has 3 N–H and O–H groups in total. The largest absolute Gasteiger partial charge is 0.326 e. The molecule has 0 amide bonds. The summed E-state index contributed by atoms with van der Waals surface area (Å²) >= 11 is 0. The molecule has 2 rings (SSSR count). The molecule has 0 aliphatic carbocycles. The number of nitrogens with two attached hydrogens (primary N) is 1. The van der Waals surface area contributed by atoms with Gasteiger partial charge >= 0.3 is 0 Å². The van der Waals surface area contributed by atoms with Gasteiger partial charge in [0.05, 0.1) is 11.9 Å². The van der Waals surface area contributed by atoms with Gasteiger partial charge in [-0.3, -0.25) is 9.71 Å². The second-order valence-corrected chi connectivity index (χ2v) is 5.69. The van der Waals surface area contributed by atoms with Crippen LogP contribution in [0.15, 0.2) is 41.8 Å². The van der Waals surface area contributed by atoms with Crippen molar-refractivity contribution in [1.82, 2.24) is 9.97 Å². The monoisotopic (exact) mass is 278 g/mol. The molecule has 0 atom stereocenters. The van der Waals surface area contributed by atoms with Crippen molar-refractivity contribution in [3.05, 3.63) is 47.9 Å². The molecule has 2 aromatic rings. The smallest absolute Gasteiger partial charge is 0.279 e. The second-order valence-electron chi connectivity index (χ2n) is 4.07. The fraction of sp³-hybridized carbons (Fsp3) is 0.167. The van der Waals surface area contributed by atoms with Crippen molar-refractivity contribution in [2.75, 3.05) is 4.72 Å². The summed E-state index contributed by atoms with van der Waals surface area (Å²) in [5, 5.41) is -0.0498. The maximum Gasteiger partial charge on any atom is 0.279 e. The third-order valence-electron chi connectivity index (χ3n) is 2.44. The SMILES string of the molecule is Cc1cncc(NS(=O)(=O)c2ccc(CN)cn2)c1. The van der Waals surface area contributed by atoms with Crippen LogP contribution in [0.2, 0.25) is 0 Å². The zero-order valence-corrected chi connectivity index (χ0v) is 11.2. The summed E-state index contributed by atoms with van der Waals surface area (Å²) in [4.78, 5) is 7.81. The summed E-state index contributed by atoms with van der Waals surface area (Å²) in [6.45, 7) is 2.15. The van der Waals surface area contributed by atoms with E-state index in [2.05, 4.69) is 14.7 Å². The Morgan fingerprint density at radius 1 is 1.26 bits per heavy atom. The summed E-state index contributed by atoms with van der Waals surface area (Å²) < 4.78 is 26.6. The molecule has 6 nitrogen and oxygen atoms in total. The van der Waals surface area contributed by atoms with Crippen LogP contribution in [-0.4, -0.2) is 18.4 Å². The topological polar surface area (TPSA) is 98.0 Å². The predicted octanol–water partition coefficient (Wildman–Crippen LogP) is 1.04. The van der Waals surface area contributed by atoms with Gasteiger partial charge in [-0.2, -0.15) is 8.42 Å². The Morgan fingerprint density at radius 2 is 2.05 bits per heavy atom. The van der Waals surface area contributed by atoms with Gasteiger partial charge in [0.15, 0.2) is 5.03 Å². The van der Waals surface area contributed by atoms with E-state index in [1.54, 1.807) is 18.3 Å². The lowest BCUT2D eigenvalue weighted by Crippen LogP contribution is -2.15. The number of anilines is 1. The highest BCUT2D eigenvalue weighted by atomic mass is 32.2. The highest BCUT2D eigenvalue weighted by Crippen LogP contribution is 2.14. The summed E-state index contributed by atoms with van der Waals surface area (Å²) in [6.07, 6.45) is 4.54. The molecule has 2 aromatic heterocycles. The highest BCUT2D eigenvalue weighted by Gasteiger charge is 2.15. The lowest BCUT2D eigenvalue weighted by atomic mass is 10.3. The normalized spacial score (nSPS) is 11.3. The quantitative estimate of drug-likeness (QED) is 0.871. The average Bonchev–Trinajstić information content (AvgIpc) is 2.38. The Labute approximate surface area is 111 Å². The van der Waals surface area contributed by atoms with Crippen molar-refractivity contribution in [3.8, 4) is 0 Å². The number of aryl methyl sites for hydroxylation is 1. The van der Waals surface area contributed by atoms with Crippen LogP contribution in [0.5, 0.6) is 0 Å². The number of hydrogen-bond donors (Lipinski definition) is 2. The van der Waals surface area contributed by atoms with Crippen molar-refractivity contribution in [1.29, 1.82) is 0 Å². The van der Waals surface area contributed by atoms with Gasteiger partial charge in [-0.05, 0) is 30.2 Å². The zero-order valence-electron chi connectivity index (χ0n) is 10.4. The summed E-state index contributed by atoms with van der Waals surface area (Å²) in [5.41, 5.74) is 7.48. The first-order valence-corrected chi connectivity index (χ1v) is 7.09. The number of nitrogens with one attached hydrogen (secondary N) is 1. The van der Waals surface area contributed by atoms with Gasteiger partial charge in [-0.1, -0.05) is 6.07 Å². The molecule has 0 saturated carbocycles. The van der Waals surface area contributed by atoms with Gasteiger partial charge < -0.3 is 5.73 Å². The number of pyridine rings is 2. The minimum atomic E-state index is -3.70. The molecule has 0 unspecified atom stereocenters. The number of rotatable bonds is 4. The van der Waals surface area contributed by atoms with Crippen LogP contribution < -0.4 is 10.5 Å². The van der Waals surface area contributed by atoms with Crippen LogP contribution in [0.3, 0.4) is 0 Å². The minimum Gasteiger partial charge on any atom is -0.326 e. The van der Waals surface area contributed by atoms with Crippen LogP contribution in [-0.2, 0) is 16.6 Å². The Hall–Kier alpha value is -1.99. The molecule has 0 fully saturated rings. The lowest BCUT2D eigenvalue weighted by molar-refractivity contribution is 0.597. The molecule has 100 valence electrons. The van der Waals surface area contributed by atoms with E-state index in [9.17, 15) is 8.42 Å². The first-order chi connectivity index (χ1) is 9.01. The van der Waals surface area contributed by atoms with Crippen molar-refractivity contribution in [2.45, 2.75) is 18.5 Å². The molecule has 0 aliphatic rings. The van der Waals surface area contributed by atoms with Crippen LogP contribution in [0.1, 0.15) is 11.1 Å². The summed E-state index contributed by atoms with van der Waals surface area (Å²) in [5.74, 6) is 0. The van der Waals surface area contributed by atoms with E-state index in [0.29, 0.717) is 12.2 Å². The third kappa shape index (κ3) is 3.27. The van der Waals surface area contributed by atoms with Gasteiger partial charge in [0, 0.05) is 18.9 Å². The Balaban J connectivity index is 2.27. The first kappa shape index (κ1) is 13.4. The molecule has 0 saturated heterocycles. The van der Waals surface area contributed by atoms with Crippen molar-refractivity contribution >= 4 is 15.7 Å². The lowest BCUT2D eigenvalue weighted by Gasteiger charge is -2.07. The van der Waals surface area contributed by atoms with E-state index in [-0.39, 0.29) is 5.03 Å². The van der Waals surface area contributed by atoms with Crippen molar-refractivity contribution in [3.63, 3.8) is 0 Å². The molecule has 0 spiro atoms. The molecule has 19 heavy (non-hydrogen) atoms. The van der Waals surface area contributed by atoms with Gasteiger partial charge in [-0.15, -0.1) is 0 Å². The molecule has 0 aliphatic heterocycles. The van der Waals surface area contributed by atoms with E-state index >= 15 is 0 Å². The van der Waals surface area contributed by atoms with Gasteiger partial charge in [0.25, 0.3) is 10.0 Å². The van der Waals surface area contributed by atoms with Gasteiger partial charge in [0.1, 0.15) is 0 Å². The molecule has 7 heteroatoms. The Bertz CT molecular complexity index is 668. The number of nitrogens with zero attached hydrogens (tertiary/aromatic N) is 2. The number of sulfonamides is 1. The zero-order chi connectivity index (χ0) is 13.9. The van der Waals surface area contributed by atoms with E-state index in [4.69, 9.17) is 5.73 Å². The Kier molecular flexibility index (Phi) is 3.77. The summed E-state index contributed by atoms with van der Waals surface area (Å²) in [6, 6.07) is 4.75. The second kappa shape index (κ2) is 5.33. The van der Waals surface area contributed by atoms with E-state index < -0.39 is 10.0 Å². The van der Waals surface area contributed by atoms with Crippen LogP contribution in [0.25, 0.3) is 0 Å². The van der Waals surface area contributed by atoms with E-state index in [0.717, 1.165) is 11.1 Å². The maximum absolute atomic E-state index is 12.1. The minimum absolute atomic E-state index is 0.0498. The standard InChI is InChI=1S/C12H14N4O2S/c1-9-4-11(8-14-6-9)16-19(17,18)12-3-2-10(5-13)7-15-12/h2-4,6-8,16H,5,13H2,1H3. The van der Waals surface area contributed by atoms with Crippen LogP contribution in [0, 0.1) is 6.92 Å². The fourth-order valence-corrected chi connectivity index (χ4v) is 2.47. The van der Waals surface area contributed by atoms with Gasteiger partial charge in [0.2, 0.25) is 0 Å². The molecular weight excluding hydrogens is 264 g/mol. The number of hydrogen-bond acceptors (Lipinski definition) is 5. The first-order valence-electron chi connectivity index (χ1n) is 5.61. The third-order valence-corrected chi connectivity index (χ3v) is 3.73.